The lowest BCUT2D eigenvalue weighted by Crippen LogP contribution is -2.27. The molecule has 1 fully saturated rings. The normalized spacial score (nSPS) is 13.3. The van der Waals surface area contributed by atoms with Gasteiger partial charge in [-0.25, -0.2) is 0 Å². The molecule has 1 aromatic carbocycles. The predicted molar refractivity (Wildman–Crippen MR) is 109 cm³/mol. The largest absolute Gasteiger partial charge is 0.343 e. The minimum absolute atomic E-state index is 0. The number of nitrogens with one attached hydrogen (secondary N) is 1. The molecule has 2 rings (SSSR count). The Labute approximate surface area is 163 Å². The topological polar surface area (TPSA) is 75.4 Å². The number of anilines is 1. The highest BCUT2D eigenvalue weighted by atomic mass is 35.5. The number of hydrogen-bond acceptors (Lipinski definition) is 3. The van der Waals surface area contributed by atoms with Crippen molar-refractivity contribution in [3.8, 4) is 0 Å². The van der Waals surface area contributed by atoms with Gasteiger partial charge in [0.1, 0.15) is 0 Å². The van der Waals surface area contributed by atoms with E-state index in [1.54, 1.807) is 0 Å². The summed E-state index contributed by atoms with van der Waals surface area (Å²) in [5.41, 5.74) is 7.41. The number of benzene rings is 1. The van der Waals surface area contributed by atoms with Crippen molar-refractivity contribution in [1.82, 2.24) is 4.90 Å². The minimum Gasteiger partial charge on any atom is -0.343 e. The van der Waals surface area contributed by atoms with E-state index in [4.69, 9.17) is 5.73 Å². The summed E-state index contributed by atoms with van der Waals surface area (Å²) >= 11 is 0. The number of amides is 2. The van der Waals surface area contributed by atoms with Gasteiger partial charge in [-0.05, 0) is 56.3 Å². The van der Waals surface area contributed by atoms with Gasteiger partial charge in [0.25, 0.3) is 0 Å². The van der Waals surface area contributed by atoms with Gasteiger partial charge in [0.2, 0.25) is 11.8 Å². The van der Waals surface area contributed by atoms with E-state index in [1.807, 2.05) is 29.2 Å². The van der Waals surface area contributed by atoms with Gasteiger partial charge in [0.15, 0.2) is 0 Å². The van der Waals surface area contributed by atoms with Crippen LogP contribution in [0, 0.1) is 0 Å². The molecular weight excluding hydrogens is 350 g/mol. The average Bonchev–Trinajstić information content (AvgIpc) is 3.15. The molecule has 0 atom stereocenters. The van der Waals surface area contributed by atoms with E-state index in [0.29, 0.717) is 12.8 Å². The van der Waals surface area contributed by atoms with Gasteiger partial charge in [-0.3, -0.25) is 9.59 Å². The van der Waals surface area contributed by atoms with Crippen molar-refractivity contribution in [3.05, 3.63) is 29.8 Å². The molecule has 2 amide bonds. The lowest BCUT2D eigenvalue weighted by atomic mass is 10.1. The number of rotatable bonds is 10. The van der Waals surface area contributed by atoms with E-state index in [1.165, 1.54) is 0 Å². The number of halogens is 1. The van der Waals surface area contributed by atoms with Gasteiger partial charge < -0.3 is 16.0 Å². The van der Waals surface area contributed by atoms with Crippen molar-refractivity contribution < 1.29 is 9.59 Å². The van der Waals surface area contributed by atoms with E-state index < -0.39 is 0 Å². The zero-order valence-corrected chi connectivity index (χ0v) is 16.4. The van der Waals surface area contributed by atoms with Crippen LogP contribution in [0.1, 0.15) is 56.9 Å². The van der Waals surface area contributed by atoms with Crippen molar-refractivity contribution in [2.45, 2.75) is 57.8 Å². The van der Waals surface area contributed by atoms with Crippen LogP contribution in [-0.4, -0.2) is 36.3 Å². The van der Waals surface area contributed by atoms with Crippen LogP contribution in [0.15, 0.2) is 24.3 Å². The van der Waals surface area contributed by atoms with Gasteiger partial charge in [0, 0.05) is 31.6 Å². The number of nitrogens with two attached hydrogens (primary N) is 1. The molecule has 1 aliphatic rings. The third-order valence-corrected chi connectivity index (χ3v) is 4.68. The Morgan fingerprint density at radius 2 is 1.62 bits per heavy atom. The summed E-state index contributed by atoms with van der Waals surface area (Å²) in [6.45, 7) is 2.55. The molecule has 0 bridgehead atoms. The average molecular weight is 382 g/mol. The van der Waals surface area contributed by atoms with E-state index >= 15 is 0 Å². The van der Waals surface area contributed by atoms with Crippen LogP contribution >= 0.6 is 12.4 Å². The quantitative estimate of drug-likeness (QED) is 0.609. The van der Waals surface area contributed by atoms with Crippen LogP contribution in [-0.2, 0) is 16.0 Å². The van der Waals surface area contributed by atoms with Gasteiger partial charge >= 0.3 is 0 Å². The van der Waals surface area contributed by atoms with Crippen LogP contribution < -0.4 is 11.1 Å². The summed E-state index contributed by atoms with van der Waals surface area (Å²) in [4.78, 5) is 25.9. The molecule has 1 heterocycles. The summed E-state index contributed by atoms with van der Waals surface area (Å²) in [6, 6.07) is 7.83. The van der Waals surface area contributed by atoms with Gasteiger partial charge in [-0.1, -0.05) is 25.0 Å². The SMILES string of the molecule is Cl.NCCCCCCC(=O)Nc1ccc(CCC(=O)N2CCCC2)cc1. The molecule has 0 unspecified atom stereocenters. The maximum atomic E-state index is 12.1. The molecular formula is C20H32ClN3O2. The molecule has 3 N–H and O–H groups in total. The summed E-state index contributed by atoms with van der Waals surface area (Å²) in [7, 11) is 0. The molecule has 146 valence electrons. The van der Waals surface area contributed by atoms with Crippen molar-refractivity contribution in [2.75, 3.05) is 25.0 Å². The van der Waals surface area contributed by atoms with Crippen LogP contribution in [0.25, 0.3) is 0 Å². The first-order chi connectivity index (χ1) is 12.2. The molecule has 5 nitrogen and oxygen atoms in total. The van der Waals surface area contributed by atoms with Crippen LogP contribution in [0.3, 0.4) is 0 Å². The lowest BCUT2D eigenvalue weighted by molar-refractivity contribution is -0.130. The van der Waals surface area contributed by atoms with Crippen LogP contribution in [0.5, 0.6) is 0 Å². The number of hydrogen-bond donors (Lipinski definition) is 2. The minimum atomic E-state index is 0. The van der Waals surface area contributed by atoms with E-state index in [-0.39, 0.29) is 24.2 Å². The first-order valence-corrected chi connectivity index (χ1v) is 9.55. The fraction of sp³-hybridized carbons (Fsp3) is 0.600. The third kappa shape index (κ3) is 8.19. The standard InChI is InChI=1S/C20H31N3O2.ClH/c21-14-4-2-1-3-7-19(24)22-18-11-8-17(9-12-18)10-13-20(25)23-15-5-6-16-23;/h8-9,11-12H,1-7,10,13-16,21H2,(H,22,24);1H. The fourth-order valence-electron chi connectivity index (χ4n) is 3.14. The number of carbonyl (C=O) groups is 2. The molecule has 0 radical (unpaired) electrons. The Morgan fingerprint density at radius 3 is 2.27 bits per heavy atom. The summed E-state index contributed by atoms with van der Waals surface area (Å²) < 4.78 is 0. The molecule has 6 heteroatoms. The molecule has 1 aromatic rings. The lowest BCUT2D eigenvalue weighted by Gasteiger charge is -2.15. The zero-order chi connectivity index (χ0) is 17.9. The molecule has 0 aromatic heterocycles. The van der Waals surface area contributed by atoms with Gasteiger partial charge in [-0.2, -0.15) is 0 Å². The highest BCUT2D eigenvalue weighted by molar-refractivity contribution is 5.90. The second kappa shape index (κ2) is 12.7. The summed E-state index contributed by atoms with van der Waals surface area (Å²) in [5.74, 6) is 0.314. The number of aryl methyl sites for hydroxylation is 1. The third-order valence-electron chi connectivity index (χ3n) is 4.68. The van der Waals surface area contributed by atoms with E-state index in [9.17, 15) is 9.59 Å². The van der Waals surface area contributed by atoms with E-state index in [0.717, 1.165) is 75.8 Å². The molecule has 1 saturated heterocycles. The molecule has 1 aliphatic heterocycles. The second-order valence-electron chi connectivity index (χ2n) is 6.79. The second-order valence-corrected chi connectivity index (χ2v) is 6.79. The Morgan fingerprint density at radius 1 is 0.962 bits per heavy atom. The highest BCUT2D eigenvalue weighted by Gasteiger charge is 2.17. The number of carbonyl (C=O) groups excluding carboxylic acids is 2. The monoisotopic (exact) mass is 381 g/mol. The van der Waals surface area contributed by atoms with Crippen molar-refractivity contribution in [2.24, 2.45) is 5.73 Å². The Hall–Kier alpha value is -1.59. The molecule has 0 saturated carbocycles. The first-order valence-electron chi connectivity index (χ1n) is 9.55. The molecule has 26 heavy (non-hydrogen) atoms. The maximum absolute atomic E-state index is 12.1. The Bertz CT molecular complexity index is 542. The van der Waals surface area contributed by atoms with Crippen molar-refractivity contribution in [1.29, 1.82) is 0 Å². The molecule has 0 spiro atoms. The number of nitrogens with zero attached hydrogens (tertiary/aromatic N) is 1. The van der Waals surface area contributed by atoms with Crippen molar-refractivity contribution in [3.63, 3.8) is 0 Å². The van der Waals surface area contributed by atoms with E-state index in [2.05, 4.69) is 5.32 Å². The van der Waals surface area contributed by atoms with Crippen LogP contribution in [0.4, 0.5) is 5.69 Å². The number of likely N-dealkylation sites (tertiary alicyclic amines) is 1. The maximum Gasteiger partial charge on any atom is 0.224 e. The summed E-state index contributed by atoms with van der Waals surface area (Å²) in [5, 5.41) is 2.93. The Kier molecular flexibility index (Phi) is 11.0. The zero-order valence-electron chi connectivity index (χ0n) is 15.5. The van der Waals surface area contributed by atoms with Gasteiger partial charge in [-0.15, -0.1) is 12.4 Å². The van der Waals surface area contributed by atoms with Crippen molar-refractivity contribution >= 4 is 29.9 Å². The van der Waals surface area contributed by atoms with Gasteiger partial charge in [0.05, 0.1) is 0 Å². The Balaban J connectivity index is 0.00000338. The summed E-state index contributed by atoms with van der Waals surface area (Å²) in [6.07, 6.45) is 8.21. The number of unbranched alkanes of at least 4 members (excludes halogenated alkanes) is 3. The molecule has 0 aliphatic carbocycles. The first kappa shape index (κ1) is 22.5. The highest BCUT2D eigenvalue weighted by Crippen LogP contribution is 2.14. The smallest absolute Gasteiger partial charge is 0.224 e. The predicted octanol–water partition coefficient (Wildman–Crippen LogP) is 3.51. The fourth-order valence-corrected chi connectivity index (χ4v) is 3.14. The van der Waals surface area contributed by atoms with Crippen LogP contribution in [0.2, 0.25) is 0 Å².